The van der Waals surface area contributed by atoms with Crippen molar-refractivity contribution < 1.29 is 14.3 Å². The Morgan fingerprint density at radius 2 is 1.74 bits per heavy atom. The molecular formula is C24H31N3O3S. The molecule has 0 aliphatic carbocycles. The Hall–Kier alpha value is -2.25. The van der Waals surface area contributed by atoms with Crippen LogP contribution in [-0.4, -0.2) is 65.0 Å². The third kappa shape index (κ3) is 5.71. The maximum atomic E-state index is 12.9. The number of piperidine rings is 1. The first kappa shape index (κ1) is 22.0. The van der Waals surface area contributed by atoms with Gasteiger partial charge in [-0.05, 0) is 32.3 Å². The van der Waals surface area contributed by atoms with E-state index in [9.17, 15) is 9.59 Å². The van der Waals surface area contributed by atoms with E-state index in [1.54, 1.807) is 11.3 Å². The van der Waals surface area contributed by atoms with E-state index in [1.165, 1.54) is 5.56 Å². The number of carbonyl (C=O) groups excluding carboxylic acids is 2. The van der Waals surface area contributed by atoms with Crippen LogP contribution in [0.25, 0.3) is 0 Å². The molecule has 4 rings (SSSR count). The molecule has 0 N–H and O–H groups in total. The summed E-state index contributed by atoms with van der Waals surface area (Å²) in [5, 5.41) is 3.03. The summed E-state index contributed by atoms with van der Waals surface area (Å²) >= 11 is 1.61. The Kier molecular flexibility index (Phi) is 7.02. The van der Waals surface area contributed by atoms with Gasteiger partial charge in [0.25, 0.3) is 0 Å². The van der Waals surface area contributed by atoms with Gasteiger partial charge in [0.2, 0.25) is 11.8 Å². The number of hydrogen-bond donors (Lipinski definition) is 0. The number of carbonyl (C=O) groups is 2. The zero-order valence-electron chi connectivity index (χ0n) is 18.3. The molecule has 2 fully saturated rings. The number of hydrogen-bond acceptors (Lipinski definition) is 5. The van der Waals surface area contributed by atoms with Crippen LogP contribution < -0.4 is 0 Å². The van der Waals surface area contributed by atoms with E-state index in [1.807, 2.05) is 47.2 Å². The van der Waals surface area contributed by atoms with Gasteiger partial charge >= 0.3 is 0 Å². The van der Waals surface area contributed by atoms with Crippen LogP contribution in [0, 0.1) is 5.92 Å². The van der Waals surface area contributed by atoms with E-state index in [2.05, 4.69) is 17.1 Å². The molecular weight excluding hydrogens is 410 g/mol. The number of benzene rings is 1. The maximum absolute atomic E-state index is 12.9. The number of ether oxygens (including phenoxy) is 1. The molecule has 7 heteroatoms. The smallest absolute Gasteiger partial charge is 0.228 e. The lowest BCUT2D eigenvalue weighted by Gasteiger charge is -2.39. The van der Waals surface area contributed by atoms with Gasteiger partial charge in [-0.15, -0.1) is 11.3 Å². The second-order valence-electron chi connectivity index (χ2n) is 8.73. The lowest BCUT2D eigenvalue weighted by atomic mass is 9.94. The largest absolute Gasteiger partial charge is 0.372 e. The van der Waals surface area contributed by atoms with Gasteiger partial charge in [-0.1, -0.05) is 30.3 Å². The van der Waals surface area contributed by atoms with Gasteiger partial charge in [0.05, 0.1) is 29.3 Å². The van der Waals surface area contributed by atoms with E-state index < -0.39 is 0 Å². The van der Waals surface area contributed by atoms with Gasteiger partial charge in [-0.3, -0.25) is 9.59 Å². The summed E-state index contributed by atoms with van der Waals surface area (Å²) in [4.78, 5) is 34.2. The highest BCUT2D eigenvalue weighted by atomic mass is 32.1. The van der Waals surface area contributed by atoms with Crippen molar-refractivity contribution in [1.82, 2.24) is 14.8 Å². The first-order valence-corrected chi connectivity index (χ1v) is 12.0. The third-order valence-electron chi connectivity index (χ3n) is 6.06. The van der Waals surface area contributed by atoms with E-state index in [-0.39, 0.29) is 29.9 Å². The van der Waals surface area contributed by atoms with Gasteiger partial charge in [0.1, 0.15) is 0 Å². The summed E-state index contributed by atoms with van der Waals surface area (Å²) in [6, 6.07) is 10.3. The Labute approximate surface area is 188 Å². The summed E-state index contributed by atoms with van der Waals surface area (Å²) in [6.45, 7) is 6.65. The second-order valence-corrected chi connectivity index (χ2v) is 9.67. The molecule has 2 amide bonds. The van der Waals surface area contributed by atoms with Crippen molar-refractivity contribution in [3.63, 3.8) is 0 Å². The molecule has 0 radical (unpaired) electrons. The third-order valence-corrected chi connectivity index (χ3v) is 6.96. The summed E-state index contributed by atoms with van der Waals surface area (Å²) in [6.07, 6.45) is 2.77. The van der Waals surface area contributed by atoms with Crippen LogP contribution in [0.3, 0.4) is 0 Å². The van der Waals surface area contributed by atoms with Gasteiger partial charge in [-0.25, -0.2) is 4.98 Å². The van der Waals surface area contributed by atoms with Gasteiger partial charge in [0, 0.05) is 43.9 Å². The predicted molar refractivity (Wildman–Crippen MR) is 121 cm³/mol. The number of rotatable bonds is 5. The van der Waals surface area contributed by atoms with E-state index >= 15 is 0 Å². The molecule has 31 heavy (non-hydrogen) atoms. The molecule has 2 unspecified atom stereocenters. The van der Waals surface area contributed by atoms with Crippen molar-refractivity contribution in [3.05, 3.63) is 52.0 Å². The number of aromatic nitrogens is 1. The minimum atomic E-state index is 0.0123. The highest BCUT2D eigenvalue weighted by Crippen LogP contribution is 2.23. The van der Waals surface area contributed by atoms with Crippen molar-refractivity contribution >= 4 is 23.2 Å². The molecule has 0 bridgehead atoms. The lowest BCUT2D eigenvalue weighted by Crippen LogP contribution is -2.51. The van der Waals surface area contributed by atoms with E-state index in [4.69, 9.17) is 4.74 Å². The molecule has 2 aromatic rings. The van der Waals surface area contributed by atoms with Crippen LogP contribution in [0.1, 0.15) is 43.0 Å². The monoisotopic (exact) mass is 441 g/mol. The minimum absolute atomic E-state index is 0.0123. The highest BCUT2D eigenvalue weighted by molar-refractivity contribution is 7.09. The van der Waals surface area contributed by atoms with Crippen LogP contribution in [0.5, 0.6) is 0 Å². The number of morpholine rings is 1. The molecule has 0 saturated carbocycles. The average Bonchev–Trinajstić information content (AvgIpc) is 3.20. The quantitative estimate of drug-likeness (QED) is 0.715. The first-order chi connectivity index (χ1) is 15.0. The van der Waals surface area contributed by atoms with Crippen LogP contribution in [0.4, 0.5) is 0 Å². The van der Waals surface area contributed by atoms with Crippen molar-refractivity contribution in [2.45, 2.75) is 51.7 Å². The fourth-order valence-electron chi connectivity index (χ4n) is 4.54. The van der Waals surface area contributed by atoms with Crippen LogP contribution in [0.2, 0.25) is 0 Å². The number of nitrogens with zero attached hydrogens (tertiary/aromatic N) is 3. The standard InChI is InChI=1S/C24H31N3O3S/c1-17-14-27(15-18(2)30-17)24(29)20-8-10-26(11-9-20)23(28)13-21-16-31-22(25-21)12-19-6-4-3-5-7-19/h3-7,16-18,20H,8-15H2,1-2H3. The first-order valence-electron chi connectivity index (χ1n) is 11.2. The zero-order valence-corrected chi connectivity index (χ0v) is 19.1. The number of likely N-dealkylation sites (tertiary alicyclic amines) is 1. The molecule has 2 atom stereocenters. The predicted octanol–water partition coefficient (Wildman–Crippen LogP) is 3.15. The molecule has 2 aliphatic rings. The molecule has 6 nitrogen and oxygen atoms in total. The topological polar surface area (TPSA) is 62.7 Å². The highest BCUT2D eigenvalue weighted by Gasteiger charge is 2.33. The molecule has 2 saturated heterocycles. The molecule has 3 heterocycles. The SMILES string of the molecule is CC1CN(C(=O)C2CCN(C(=O)Cc3csc(Cc4ccccc4)n3)CC2)CC(C)O1. The number of thiazole rings is 1. The van der Waals surface area contributed by atoms with Gasteiger partial charge in [0.15, 0.2) is 0 Å². The van der Waals surface area contributed by atoms with Gasteiger partial charge < -0.3 is 14.5 Å². The normalized spacial score (nSPS) is 22.5. The average molecular weight is 442 g/mol. The maximum Gasteiger partial charge on any atom is 0.228 e. The molecule has 0 spiro atoms. The fourth-order valence-corrected chi connectivity index (χ4v) is 5.37. The number of amides is 2. The summed E-state index contributed by atoms with van der Waals surface area (Å²) < 4.78 is 5.74. The fraction of sp³-hybridized carbons (Fsp3) is 0.542. The Bertz CT molecular complexity index is 882. The Balaban J connectivity index is 1.25. The van der Waals surface area contributed by atoms with Gasteiger partial charge in [-0.2, -0.15) is 0 Å². The lowest BCUT2D eigenvalue weighted by molar-refractivity contribution is -0.150. The van der Waals surface area contributed by atoms with E-state index in [0.29, 0.717) is 32.6 Å². The van der Waals surface area contributed by atoms with Crippen LogP contribution >= 0.6 is 11.3 Å². The Morgan fingerprint density at radius 1 is 1.06 bits per heavy atom. The molecule has 1 aromatic heterocycles. The van der Waals surface area contributed by atoms with E-state index in [0.717, 1.165) is 30.0 Å². The van der Waals surface area contributed by atoms with Crippen molar-refractivity contribution in [1.29, 1.82) is 0 Å². The zero-order chi connectivity index (χ0) is 21.8. The second kappa shape index (κ2) is 9.92. The van der Waals surface area contributed by atoms with Crippen LogP contribution in [0.15, 0.2) is 35.7 Å². The van der Waals surface area contributed by atoms with Crippen LogP contribution in [-0.2, 0) is 27.2 Å². The molecule has 2 aliphatic heterocycles. The summed E-state index contributed by atoms with van der Waals surface area (Å²) in [5.74, 6) is 0.341. The Morgan fingerprint density at radius 3 is 2.42 bits per heavy atom. The molecule has 1 aromatic carbocycles. The molecule has 166 valence electrons. The van der Waals surface area contributed by atoms with Crippen molar-refractivity contribution in [3.8, 4) is 0 Å². The summed E-state index contributed by atoms with van der Waals surface area (Å²) in [5.41, 5.74) is 2.07. The van der Waals surface area contributed by atoms with Crippen molar-refractivity contribution in [2.24, 2.45) is 5.92 Å². The summed E-state index contributed by atoms with van der Waals surface area (Å²) in [7, 11) is 0. The van der Waals surface area contributed by atoms with Crippen molar-refractivity contribution in [2.75, 3.05) is 26.2 Å². The minimum Gasteiger partial charge on any atom is -0.372 e.